The first kappa shape index (κ1) is 19.5. The second-order valence-corrected chi connectivity index (χ2v) is 7.42. The average molecular weight is 405 g/mol. The van der Waals surface area contributed by atoms with E-state index in [1.807, 2.05) is 10.7 Å². The van der Waals surface area contributed by atoms with Gasteiger partial charge in [0, 0.05) is 11.9 Å². The fourth-order valence-corrected chi connectivity index (χ4v) is 3.89. The number of anilines is 2. The van der Waals surface area contributed by atoms with Crippen LogP contribution in [-0.4, -0.2) is 20.9 Å². The summed E-state index contributed by atoms with van der Waals surface area (Å²) in [6.07, 6.45) is 2.56. The van der Waals surface area contributed by atoms with Gasteiger partial charge in [0.25, 0.3) is 5.56 Å². The summed E-state index contributed by atoms with van der Waals surface area (Å²) < 4.78 is 40.3. The molecule has 1 aromatic carbocycles. The molecule has 1 aliphatic carbocycles. The smallest absolute Gasteiger partial charge is 0.338 e. The number of alkyl halides is 3. The van der Waals surface area contributed by atoms with E-state index in [9.17, 15) is 18.0 Å². The van der Waals surface area contributed by atoms with Gasteiger partial charge in [-0.1, -0.05) is 31.4 Å². The van der Waals surface area contributed by atoms with Gasteiger partial charge in [-0.25, -0.2) is 0 Å². The number of hydrogen-bond acceptors (Lipinski definition) is 4. The predicted molar refractivity (Wildman–Crippen MR) is 105 cm³/mol. The first-order chi connectivity index (χ1) is 13.8. The van der Waals surface area contributed by atoms with Gasteiger partial charge in [-0.3, -0.25) is 9.48 Å². The minimum absolute atomic E-state index is 0.0292. The molecular weight excluding hydrogens is 383 g/mol. The molecule has 0 aliphatic heterocycles. The number of nitrogens with two attached hydrogens (primary N) is 1. The van der Waals surface area contributed by atoms with Gasteiger partial charge < -0.3 is 16.0 Å². The first-order valence-corrected chi connectivity index (χ1v) is 9.64. The molecule has 0 saturated heterocycles. The van der Waals surface area contributed by atoms with Crippen molar-refractivity contribution in [3.05, 3.63) is 52.4 Å². The van der Waals surface area contributed by atoms with Crippen molar-refractivity contribution in [3.8, 4) is 0 Å². The zero-order valence-electron chi connectivity index (χ0n) is 15.7. The van der Waals surface area contributed by atoms with E-state index in [0.717, 1.165) is 31.2 Å². The molecule has 0 bridgehead atoms. The molecule has 154 valence electrons. The second kappa shape index (κ2) is 7.55. The van der Waals surface area contributed by atoms with Crippen molar-refractivity contribution in [2.45, 2.75) is 50.4 Å². The molecule has 1 saturated carbocycles. The van der Waals surface area contributed by atoms with E-state index in [1.54, 1.807) is 6.20 Å². The summed E-state index contributed by atoms with van der Waals surface area (Å²) >= 11 is 0. The zero-order valence-corrected chi connectivity index (χ0v) is 15.7. The number of nitrogens with one attached hydrogen (secondary N) is 2. The Morgan fingerprint density at radius 3 is 2.48 bits per heavy atom. The highest BCUT2D eigenvalue weighted by Crippen LogP contribution is 2.34. The second-order valence-electron chi connectivity index (χ2n) is 7.42. The Bertz CT molecular complexity index is 1050. The van der Waals surface area contributed by atoms with E-state index in [1.165, 1.54) is 30.7 Å². The molecule has 4 N–H and O–H groups in total. The van der Waals surface area contributed by atoms with Crippen LogP contribution in [0.5, 0.6) is 0 Å². The Kier molecular flexibility index (Phi) is 5.08. The van der Waals surface area contributed by atoms with Gasteiger partial charge in [0.05, 0.1) is 11.6 Å². The summed E-state index contributed by atoms with van der Waals surface area (Å²) in [7, 11) is 0. The van der Waals surface area contributed by atoms with Crippen LogP contribution in [0, 0.1) is 0 Å². The molecule has 3 aromatic rings. The molecule has 0 unspecified atom stereocenters. The van der Waals surface area contributed by atoms with Crippen molar-refractivity contribution in [1.29, 1.82) is 0 Å². The SMILES string of the molecule is N[C@@H](c1ccc(Nc2nn(C3CCCCC3)c3cc[nH]c(=O)c23)cc1)C(F)(F)F. The number of aromatic amines is 1. The number of nitrogens with zero attached hydrogens (tertiary/aromatic N) is 2. The van der Waals surface area contributed by atoms with Gasteiger partial charge in [-0.15, -0.1) is 0 Å². The molecule has 1 aliphatic rings. The monoisotopic (exact) mass is 405 g/mol. The maximum Gasteiger partial charge on any atom is 0.407 e. The molecule has 6 nitrogen and oxygen atoms in total. The number of pyridine rings is 1. The normalized spacial score (nSPS) is 16.8. The van der Waals surface area contributed by atoms with Crippen molar-refractivity contribution in [2.24, 2.45) is 5.73 Å². The highest BCUT2D eigenvalue weighted by Gasteiger charge is 2.37. The molecule has 0 radical (unpaired) electrons. The summed E-state index contributed by atoms with van der Waals surface area (Å²) in [5.74, 6) is 0.389. The third kappa shape index (κ3) is 3.87. The highest BCUT2D eigenvalue weighted by atomic mass is 19.4. The molecule has 1 atom stereocenters. The predicted octanol–water partition coefficient (Wildman–Crippen LogP) is 4.54. The number of benzene rings is 1. The lowest BCUT2D eigenvalue weighted by molar-refractivity contribution is -0.149. The molecule has 29 heavy (non-hydrogen) atoms. The van der Waals surface area contributed by atoms with Gasteiger partial charge in [-0.2, -0.15) is 18.3 Å². The summed E-state index contributed by atoms with van der Waals surface area (Å²) in [5.41, 5.74) is 6.24. The average Bonchev–Trinajstić information content (AvgIpc) is 3.08. The third-order valence-electron chi connectivity index (χ3n) is 5.44. The summed E-state index contributed by atoms with van der Waals surface area (Å²) in [6.45, 7) is 0. The van der Waals surface area contributed by atoms with Crippen LogP contribution in [0.25, 0.3) is 10.9 Å². The van der Waals surface area contributed by atoms with E-state index in [4.69, 9.17) is 5.73 Å². The molecule has 0 amide bonds. The number of H-pyrrole nitrogens is 1. The quantitative estimate of drug-likeness (QED) is 0.595. The fourth-order valence-electron chi connectivity index (χ4n) is 3.89. The summed E-state index contributed by atoms with van der Waals surface area (Å²) in [4.78, 5) is 15.1. The maximum absolute atomic E-state index is 12.8. The molecule has 9 heteroatoms. The third-order valence-corrected chi connectivity index (χ3v) is 5.44. The van der Waals surface area contributed by atoms with E-state index in [2.05, 4.69) is 15.4 Å². The number of aromatic nitrogens is 3. The van der Waals surface area contributed by atoms with Crippen molar-refractivity contribution in [1.82, 2.24) is 14.8 Å². The molecule has 0 spiro atoms. The minimum atomic E-state index is -4.50. The lowest BCUT2D eigenvalue weighted by Gasteiger charge is -2.22. The molecule has 2 aromatic heterocycles. The maximum atomic E-state index is 12.8. The summed E-state index contributed by atoms with van der Waals surface area (Å²) in [6, 6.07) is 5.68. The van der Waals surface area contributed by atoms with Gasteiger partial charge in [0.15, 0.2) is 5.82 Å². The number of hydrogen-bond donors (Lipinski definition) is 3. The van der Waals surface area contributed by atoms with Crippen LogP contribution >= 0.6 is 0 Å². The number of fused-ring (bicyclic) bond motifs is 1. The lowest BCUT2D eigenvalue weighted by atomic mass is 9.95. The van der Waals surface area contributed by atoms with Crippen LogP contribution in [0.4, 0.5) is 24.7 Å². The van der Waals surface area contributed by atoms with Crippen LogP contribution in [0.2, 0.25) is 0 Å². The van der Waals surface area contributed by atoms with E-state index in [-0.39, 0.29) is 17.2 Å². The van der Waals surface area contributed by atoms with E-state index < -0.39 is 12.2 Å². The van der Waals surface area contributed by atoms with Crippen molar-refractivity contribution in [2.75, 3.05) is 5.32 Å². The number of halogens is 3. The van der Waals surface area contributed by atoms with Crippen molar-refractivity contribution in [3.63, 3.8) is 0 Å². The molecule has 2 heterocycles. The number of rotatable bonds is 4. The van der Waals surface area contributed by atoms with Gasteiger partial charge in [-0.05, 0) is 36.6 Å². The molecule has 1 fully saturated rings. The molecule has 4 rings (SSSR count). The Morgan fingerprint density at radius 2 is 1.83 bits per heavy atom. The Labute approximate surface area is 164 Å². The van der Waals surface area contributed by atoms with Crippen molar-refractivity contribution < 1.29 is 13.2 Å². The van der Waals surface area contributed by atoms with Crippen LogP contribution in [-0.2, 0) is 0 Å². The fraction of sp³-hybridized carbons (Fsp3) is 0.400. The van der Waals surface area contributed by atoms with Gasteiger partial charge in [0.1, 0.15) is 11.4 Å². The zero-order chi connectivity index (χ0) is 20.6. The lowest BCUT2D eigenvalue weighted by Crippen LogP contribution is -2.28. The van der Waals surface area contributed by atoms with Crippen LogP contribution in [0.15, 0.2) is 41.3 Å². The highest BCUT2D eigenvalue weighted by molar-refractivity contribution is 5.91. The van der Waals surface area contributed by atoms with Crippen LogP contribution in [0.1, 0.15) is 49.8 Å². The summed E-state index contributed by atoms with van der Waals surface area (Å²) in [5, 5.41) is 8.16. The first-order valence-electron chi connectivity index (χ1n) is 9.64. The van der Waals surface area contributed by atoms with Gasteiger partial charge in [0.2, 0.25) is 0 Å². The minimum Gasteiger partial charge on any atom is -0.338 e. The van der Waals surface area contributed by atoms with Gasteiger partial charge >= 0.3 is 6.18 Å². The Hall–Kier alpha value is -2.81. The topological polar surface area (TPSA) is 88.7 Å². The van der Waals surface area contributed by atoms with E-state index in [0.29, 0.717) is 16.9 Å². The largest absolute Gasteiger partial charge is 0.407 e. The van der Waals surface area contributed by atoms with Crippen LogP contribution in [0.3, 0.4) is 0 Å². The van der Waals surface area contributed by atoms with Crippen molar-refractivity contribution >= 4 is 22.4 Å². The Morgan fingerprint density at radius 1 is 1.14 bits per heavy atom. The van der Waals surface area contributed by atoms with Crippen LogP contribution < -0.4 is 16.6 Å². The standard InChI is InChI=1S/C20H22F3N5O/c21-20(22,23)17(24)12-6-8-13(9-7-12)26-18-16-15(10-11-25-19(16)29)28(27-18)14-4-2-1-3-5-14/h6-11,14,17H,1-5,24H2,(H,25,29)(H,26,27)/t17-/m0/s1. The Balaban J connectivity index is 1.67. The molecular formula is C20H22F3N5O. The van der Waals surface area contributed by atoms with E-state index >= 15 is 0 Å².